The average Bonchev–Trinajstić information content (AvgIpc) is 2.96. The Morgan fingerprint density at radius 3 is 2.84 bits per heavy atom. The number of nitrogens with zero attached hydrogens (tertiary/aromatic N) is 1. The number of fused-ring (bicyclic) bond motifs is 1. The van der Waals surface area contributed by atoms with Crippen LogP contribution in [0.5, 0.6) is 0 Å². The van der Waals surface area contributed by atoms with E-state index in [0.29, 0.717) is 16.2 Å². The maximum Gasteiger partial charge on any atom is 0.275 e. The fourth-order valence-corrected chi connectivity index (χ4v) is 3.38. The minimum Gasteiger partial charge on any atom is -0.353 e. The Morgan fingerprint density at radius 1 is 1.28 bits per heavy atom. The summed E-state index contributed by atoms with van der Waals surface area (Å²) in [5.41, 5.74) is 4.72. The fourth-order valence-electron chi connectivity index (χ4n) is 2.71. The highest BCUT2D eigenvalue weighted by Crippen LogP contribution is 2.22. The van der Waals surface area contributed by atoms with E-state index >= 15 is 0 Å². The van der Waals surface area contributed by atoms with Gasteiger partial charge in [-0.15, -0.1) is 0 Å². The Kier molecular flexibility index (Phi) is 4.94. The summed E-state index contributed by atoms with van der Waals surface area (Å²) >= 11 is 1.21. The van der Waals surface area contributed by atoms with Gasteiger partial charge in [0, 0.05) is 11.4 Å². The molecule has 0 unspecified atom stereocenters. The zero-order valence-electron chi connectivity index (χ0n) is 14.4. The Labute approximate surface area is 149 Å². The number of aromatic amines is 2. The SMILES string of the molecule is CCc1cccc(C)c1NC(=O)CSc1nc2cc(C)[nH]c2c(=O)[nH]1. The molecule has 1 amide bonds. The summed E-state index contributed by atoms with van der Waals surface area (Å²) < 4.78 is 0. The van der Waals surface area contributed by atoms with Crippen molar-refractivity contribution in [2.45, 2.75) is 32.3 Å². The van der Waals surface area contributed by atoms with Crippen molar-refractivity contribution in [1.82, 2.24) is 15.0 Å². The molecule has 0 aliphatic rings. The van der Waals surface area contributed by atoms with E-state index in [-0.39, 0.29) is 17.2 Å². The number of H-pyrrole nitrogens is 2. The smallest absolute Gasteiger partial charge is 0.275 e. The maximum atomic E-state index is 12.3. The Balaban J connectivity index is 1.72. The maximum absolute atomic E-state index is 12.3. The topological polar surface area (TPSA) is 90.6 Å². The van der Waals surface area contributed by atoms with Gasteiger partial charge in [-0.3, -0.25) is 14.6 Å². The lowest BCUT2D eigenvalue weighted by Gasteiger charge is -2.12. The standard InChI is InChI=1S/C18H20N4O2S/c1-4-12-7-5-6-10(2)15(12)21-14(23)9-25-18-20-13-8-11(3)19-16(13)17(24)22-18/h5-8,19H,4,9H2,1-3H3,(H,21,23)(H,20,22,24). The van der Waals surface area contributed by atoms with Crippen LogP contribution in [-0.4, -0.2) is 26.6 Å². The molecule has 3 N–H and O–H groups in total. The molecule has 1 aromatic carbocycles. The molecule has 0 aliphatic heterocycles. The highest BCUT2D eigenvalue weighted by molar-refractivity contribution is 7.99. The number of para-hydroxylation sites is 1. The number of carbonyl (C=O) groups is 1. The number of rotatable bonds is 5. The molecule has 0 aliphatic carbocycles. The zero-order chi connectivity index (χ0) is 18.0. The van der Waals surface area contributed by atoms with Crippen LogP contribution in [0.15, 0.2) is 34.2 Å². The fraction of sp³-hybridized carbons (Fsp3) is 0.278. The van der Waals surface area contributed by atoms with Crippen molar-refractivity contribution in [2.24, 2.45) is 0 Å². The molecule has 2 heterocycles. The third-order valence-electron chi connectivity index (χ3n) is 3.95. The van der Waals surface area contributed by atoms with Gasteiger partial charge in [-0.25, -0.2) is 4.98 Å². The summed E-state index contributed by atoms with van der Waals surface area (Å²) in [5, 5.41) is 3.41. The second kappa shape index (κ2) is 7.14. The van der Waals surface area contributed by atoms with E-state index in [4.69, 9.17) is 0 Å². The molecule has 2 aromatic heterocycles. The first-order valence-corrected chi connectivity index (χ1v) is 9.07. The van der Waals surface area contributed by atoms with Gasteiger partial charge in [-0.05, 0) is 37.5 Å². The second-order valence-corrected chi connectivity index (χ2v) is 6.85. The van der Waals surface area contributed by atoms with Gasteiger partial charge >= 0.3 is 0 Å². The number of nitrogens with one attached hydrogen (secondary N) is 3. The van der Waals surface area contributed by atoms with E-state index in [1.54, 1.807) is 0 Å². The third-order valence-corrected chi connectivity index (χ3v) is 4.82. The largest absolute Gasteiger partial charge is 0.353 e. The lowest BCUT2D eigenvalue weighted by molar-refractivity contribution is -0.113. The predicted molar refractivity (Wildman–Crippen MR) is 101 cm³/mol. The lowest BCUT2D eigenvalue weighted by Crippen LogP contribution is -2.17. The molecule has 3 rings (SSSR count). The summed E-state index contributed by atoms with van der Waals surface area (Å²) in [6.07, 6.45) is 0.850. The number of carbonyl (C=O) groups excluding carboxylic acids is 1. The van der Waals surface area contributed by atoms with Gasteiger partial charge in [0.25, 0.3) is 5.56 Å². The normalized spacial score (nSPS) is 11.0. The summed E-state index contributed by atoms with van der Waals surface area (Å²) in [7, 11) is 0. The lowest BCUT2D eigenvalue weighted by atomic mass is 10.1. The number of anilines is 1. The van der Waals surface area contributed by atoms with E-state index < -0.39 is 0 Å². The van der Waals surface area contributed by atoms with Crippen LogP contribution >= 0.6 is 11.8 Å². The van der Waals surface area contributed by atoms with E-state index in [2.05, 4.69) is 27.2 Å². The van der Waals surface area contributed by atoms with E-state index in [1.165, 1.54) is 11.8 Å². The molecule has 7 heteroatoms. The molecular weight excluding hydrogens is 336 g/mol. The molecule has 0 spiro atoms. The summed E-state index contributed by atoms with van der Waals surface area (Å²) in [6.45, 7) is 5.90. The average molecular weight is 356 g/mol. The number of amides is 1. The molecule has 6 nitrogen and oxygen atoms in total. The number of thioether (sulfide) groups is 1. The molecule has 0 atom stereocenters. The van der Waals surface area contributed by atoms with Gasteiger partial charge in [0.05, 0.1) is 11.3 Å². The van der Waals surface area contributed by atoms with E-state index in [1.807, 2.05) is 38.1 Å². The van der Waals surface area contributed by atoms with E-state index in [9.17, 15) is 9.59 Å². The van der Waals surface area contributed by atoms with Gasteiger partial charge < -0.3 is 10.3 Å². The quantitative estimate of drug-likeness (QED) is 0.484. The number of hydrogen-bond acceptors (Lipinski definition) is 4. The molecule has 0 saturated carbocycles. The second-order valence-electron chi connectivity index (χ2n) is 5.88. The van der Waals surface area contributed by atoms with Gasteiger partial charge in [-0.2, -0.15) is 0 Å². The Bertz CT molecular complexity index is 990. The molecule has 0 bridgehead atoms. The van der Waals surface area contributed by atoms with Crippen molar-refractivity contribution < 1.29 is 4.79 Å². The van der Waals surface area contributed by atoms with Crippen molar-refractivity contribution in [3.63, 3.8) is 0 Å². The Hall–Kier alpha value is -2.54. The molecule has 130 valence electrons. The molecule has 0 radical (unpaired) electrons. The number of hydrogen-bond donors (Lipinski definition) is 3. The molecule has 0 fully saturated rings. The molecule has 0 saturated heterocycles. The minimum absolute atomic E-state index is 0.123. The van der Waals surface area contributed by atoms with E-state index in [0.717, 1.165) is 28.9 Å². The third kappa shape index (κ3) is 3.76. The van der Waals surface area contributed by atoms with Crippen LogP contribution in [0.2, 0.25) is 0 Å². The van der Waals surface area contributed by atoms with Crippen LogP contribution in [0.3, 0.4) is 0 Å². The molecule has 3 aromatic rings. The highest BCUT2D eigenvalue weighted by atomic mass is 32.2. The van der Waals surface area contributed by atoms with Crippen LogP contribution in [0.4, 0.5) is 5.69 Å². The van der Waals surface area contributed by atoms with Crippen LogP contribution in [0, 0.1) is 13.8 Å². The number of aryl methyl sites for hydroxylation is 3. The predicted octanol–water partition coefficient (Wildman–Crippen LogP) is 3.16. The molecular formula is C18H20N4O2S. The summed E-state index contributed by atoms with van der Waals surface area (Å²) in [6, 6.07) is 7.79. The first kappa shape index (κ1) is 17.3. The van der Waals surface area contributed by atoms with Gasteiger partial charge in [0.15, 0.2) is 5.16 Å². The van der Waals surface area contributed by atoms with Crippen LogP contribution in [0.25, 0.3) is 11.0 Å². The Morgan fingerprint density at radius 2 is 2.08 bits per heavy atom. The van der Waals surface area contributed by atoms with Crippen molar-refractivity contribution in [2.75, 3.05) is 11.1 Å². The number of aromatic nitrogens is 3. The van der Waals surface area contributed by atoms with Crippen molar-refractivity contribution in [1.29, 1.82) is 0 Å². The summed E-state index contributed by atoms with van der Waals surface area (Å²) in [5.74, 6) is 0.0528. The van der Waals surface area contributed by atoms with Gasteiger partial charge in [0.2, 0.25) is 5.91 Å². The first-order chi connectivity index (χ1) is 12.0. The van der Waals surface area contributed by atoms with Crippen molar-refractivity contribution in [3.8, 4) is 0 Å². The zero-order valence-corrected chi connectivity index (χ0v) is 15.2. The minimum atomic E-state index is -0.229. The highest BCUT2D eigenvalue weighted by Gasteiger charge is 2.11. The van der Waals surface area contributed by atoms with Gasteiger partial charge in [-0.1, -0.05) is 36.9 Å². The van der Waals surface area contributed by atoms with Crippen molar-refractivity contribution >= 4 is 34.4 Å². The van der Waals surface area contributed by atoms with Crippen LogP contribution < -0.4 is 10.9 Å². The first-order valence-electron chi connectivity index (χ1n) is 8.08. The summed E-state index contributed by atoms with van der Waals surface area (Å²) in [4.78, 5) is 34.4. The number of benzene rings is 1. The van der Waals surface area contributed by atoms with Gasteiger partial charge in [0.1, 0.15) is 5.52 Å². The van der Waals surface area contributed by atoms with Crippen LogP contribution in [-0.2, 0) is 11.2 Å². The molecule has 25 heavy (non-hydrogen) atoms. The van der Waals surface area contributed by atoms with Crippen molar-refractivity contribution in [3.05, 3.63) is 51.4 Å². The van der Waals surface area contributed by atoms with Crippen LogP contribution in [0.1, 0.15) is 23.7 Å². The monoisotopic (exact) mass is 356 g/mol.